The Morgan fingerprint density at radius 3 is 2.62 bits per heavy atom. The number of ether oxygens (including phenoxy) is 1. The van der Waals surface area contributed by atoms with Crippen LogP contribution >= 0.6 is 11.3 Å². The molecule has 0 spiro atoms. The molecule has 1 aliphatic rings. The Hall–Kier alpha value is -2.75. The number of nitrogens with zero attached hydrogens (tertiary/aromatic N) is 2. The van der Waals surface area contributed by atoms with E-state index in [1.807, 2.05) is 31.4 Å². The summed E-state index contributed by atoms with van der Waals surface area (Å²) in [6.07, 6.45) is 1.09. The lowest BCUT2D eigenvalue weighted by molar-refractivity contribution is -0.119. The molecule has 0 saturated carbocycles. The molecule has 1 atom stereocenters. The van der Waals surface area contributed by atoms with Gasteiger partial charge in [-0.05, 0) is 56.5 Å². The highest BCUT2D eigenvalue weighted by Gasteiger charge is 2.39. The molecule has 1 unspecified atom stereocenters. The van der Waals surface area contributed by atoms with Crippen LogP contribution in [0.4, 0.5) is 5.13 Å². The number of carbonyl (C=O) groups is 1. The van der Waals surface area contributed by atoms with Crippen molar-refractivity contribution in [1.29, 1.82) is 0 Å². The van der Waals surface area contributed by atoms with Crippen molar-refractivity contribution in [3.05, 3.63) is 59.0 Å². The van der Waals surface area contributed by atoms with Crippen molar-refractivity contribution in [3.63, 3.8) is 0 Å². The molecule has 1 fully saturated rings. The van der Waals surface area contributed by atoms with Gasteiger partial charge in [0.25, 0.3) is 0 Å². The van der Waals surface area contributed by atoms with Gasteiger partial charge in [0.15, 0.2) is 5.13 Å². The summed E-state index contributed by atoms with van der Waals surface area (Å²) in [5.74, 6) is 0.212. The summed E-state index contributed by atoms with van der Waals surface area (Å²) in [5, 5.41) is 5.17. The first-order valence-electron chi connectivity index (χ1n) is 10.3. The predicted molar refractivity (Wildman–Crippen MR) is 126 cm³/mol. The van der Waals surface area contributed by atoms with Crippen LogP contribution in [0.1, 0.15) is 24.0 Å². The molecule has 168 valence electrons. The van der Waals surface area contributed by atoms with Crippen molar-refractivity contribution in [2.45, 2.75) is 37.6 Å². The molecule has 3 aromatic rings. The van der Waals surface area contributed by atoms with Crippen molar-refractivity contribution < 1.29 is 17.9 Å². The minimum Gasteiger partial charge on any atom is -0.497 e. The van der Waals surface area contributed by atoms with Gasteiger partial charge in [-0.1, -0.05) is 23.8 Å². The summed E-state index contributed by atoms with van der Waals surface area (Å²) in [4.78, 5) is 17.7. The van der Waals surface area contributed by atoms with E-state index in [2.05, 4.69) is 16.4 Å². The van der Waals surface area contributed by atoms with Crippen LogP contribution in [-0.2, 0) is 14.8 Å². The lowest BCUT2D eigenvalue weighted by Gasteiger charge is -2.23. The third-order valence-electron chi connectivity index (χ3n) is 5.56. The normalized spacial score (nSPS) is 16.8. The monoisotopic (exact) mass is 471 g/mol. The van der Waals surface area contributed by atoms with E-state index in [1.54, 1.807) is 12.1 Å². The van der Waals surface area contributed by atoms with Crippen LogP contribution in [-0.4, -0.2) is 43.3 Å². The lowest BCUT2D eigenvalue weighted by atomic mass is 10.0. The summed E-state index contributed by atoms with van der Waals surface area (Å²) < 4.78 is 32.7. The second-order valence-electron chi connectivity index (χ2n) is 7.79. The second kappa shape index (κ2) is 9.01. The SMILES string of the molecule is COc1ccc(S(=O)(=O)N2CCCC2C(=O)Nc2nc(-c3ccc(C)cc3C)cs2)cc1. The smallest absolute Gasteiger partial charge is 0.244 e. The fourth-order valence-electron chi connectivity index (χ4n) is 3.92. The van der Waals surface area contributed by atoms with Gasteiger partial charge in [-0.25, -0.2) is 13.4 Å². The molecule has 1 N–H and O–H groups in total. The van der Waals surface area contributed by atoms with Crippen LogP contribution in [0.5, 0.6) is 5.75 Å². The average Bonchev–Trinajstić information content (AvgIpc) is 3.44. The molecule has 4 rings (SSSR count). The number of rotatable bonds is 6. The van der Waals surface area contributed by atoms with Gasteiger partial charge < -0.3 is 10.1 Å². The molecular formula is C23H25N3O4S2. The molecule has 0 radical (unpaired) electrons. The van der Waals surface area contributed by atoms with Crippen molar-refractivity contribution >= 4 is 32.4 Å². The average molecular weight is 472 g/mol. The van der Waals surface area contributed by atoms with Crippen molar-refractivity contribution in [1.82, 2.24) is 9.29 Å². The number of anilines is 1. The van der Waals surface area contributed by atoms with Crippen molar-refractivity contribution in [2.24, 2.45) is 0 Å². The first-order chi connectivity index (χ1) is 15.3. The largest absolute Gasteiger partial charge is 0.497 e. The van der Waals surface area contributed by atoms with E-state index in [4.69, 9.17) is 4.74 Å². The number of carbonyl (C=O) groups excluding carboxylic acids is 1. The number of aryl methyl sites for hydroxylation is 2. The zero-order valence-corrected chi connectivity index (χ0v) is 19.8. The Morgan fingerprint density at radius 2 is 1.94 bits per heavy atom. The summed E-state index contributed by atoms with van der Waals surface area (Å²) >= 11 is 1.33. The molecule has 32 heavy (non-hydrogen) atoms. The molecule has 0 aliphatic carbocycles. The lowest BCUT2D eigenvalue weighted by Crippen LogP contribution is -2.43. The number of benzene rings is 2. The Bertz CT molecular complexity index is 1240. The molecule has 2 aromatic carbocycles. The van der Waals surface area contributed by atoms with Gasteiger partial charge in [-0.3, -0.25) is 4.79 Å². The van der Waals surface area contributed by atoms with Crippen LogP contribution in [0.25, 0.3) is 11.3 Å². The zero-order valence-electron chi connectivity index (χ0n) is 18.2. The number of amides is 1. The van der Waals surface area contributed by atoms with Gasteiger partial charge in [0.05, 0.1) is 17.7 Å². The van der Waals surface area contributed by atoms with Gasteiger partial charge in [0.1, 0.15) is 11.8 Å². The van der Waals surface area contributed by atoms with Crippen LogP contribution < -0.4 is 10.1 Å². The van der Waals surface area contributed by atoms with E-state index in [0.717, 1.165) is 16.8 Å². The molecule has 2 heterocycles. The van der Waals surface area contributed by atoms with Gasteiger partial charge >= 0.3 is 0 Å². The van der Waals surface area contributed by atoms with Crippen LogP contribution in [0.15, 0.2) is 52.7 Å². The number of aromatic nitrogens is 1. The van der Waals surface area contributed by atoms with Gasteiger partial charge in [0, 0.05) is 17.5 Å². The summed E-state index contributed by atoms with van der Waals surface area (Å²) in [6, 6.07) is 11.6. The summed E-state index contributed by atoms with van der Waals surface area (Å²) in [6.45, 7) is 4.37. The molecule has 1 amide bonds. The van der Waals surface area contributed by atoms with E-state index < -0.39 is 16.1 Å². The summed E-state index contributed by atoms with van der Waals surface area (Å²) in [7, 11) is -2.28. The fraction of sp³-hybridized carbons (Fsp3) is 0.304. The maximum absolute atomic E-state index is 13.1. The molecular weight excluding hydrogens is 446 g/mol. The van der Waals surface area contributed by atoms with E-state index in [1.165, 1.54) is 40.4 Å². The topological polar surface area (TPSA) is 88.6 Å². The minimum atomic E-state index is -3.80. The highest BCUT2D eigenvalue weighted by molar-refractivity contribution is 7.89. The van der Waals surface area contributed by atoms with Crippen molar-refractivity contribution in [2.75, 3.05) is 19.0 Å². The first kappa shape index (κ1) is 22.4. The summed E-state index contributed by atoms with van der Waals surface area (Å²) in [5.41, 5.74) is 4.09. The van der Waals surface area contributed by atoms with E-state index in [9.17, 15) is 13.2 Å². The highest BCUT2D eigenvalue weighted by Crippen LogP contribution is 2.30. The standard InChI is InChI=1S/C23H25N3O4S2/c1-15-6-11-19(16(2)13-15)20-14-31-23(24-20)25-22(27)21-5-4-12-26(21)32(28,29)18-9-7-17(30-3)8-10-18/h6-11,13-14,21H,4-5,12H2,1-3H3,(H,24,25,27). The Balaban J connectivity index is 1.51. The molecule has 7 nitrogen and oxygen atoms in total. The molecule has 1 aromatic heterocycles. The third-order valence-corrected chi connectivity index (χ3v) is 8.24. The molecule has 1 aliphatic heterocycles. The van der Waals surface area contributed by atoms with Crippen molar-refractivity contribution in [3.8, 4) is 17.0 Å². The molecule has 1 saturated heterocycles. The second-order valence-corrected chi connectivity index (χ2v) is 10.5. The van der Waals surface area contributed by atoms with E-state index in [0.29, 0.717) is 30.3 Å². The van der Waals surface area contributed by atoms with Crippen LogP contribution in [0.2, 0.25) is 0 Å². The van der Waals surface area contributed by atoms with E-state index in [-0.39, 0.29) is 10.8 Å². The number of thiazole rings is 1. The third kappa shape index (κ3) is 4.41. The highest BCUT2D eigenvalue weighted by atomic mass is 32.2. The number of sulfonamides is 1. The number of nitrogens with one attached hydrogen (secondary N) is 1. The zero-order chi connectivity index (χ0) is 22.9. The quantitative estimate of drug-likeness (QED) is 0.581. The Kier molecular flexibility index (Phi) is 6.32. The minimum absolute atomic E-state index is 0.143. The first-order valence-corrected chi connectivity index (χ1v) is 12.6. The van der Waals surface area contributed by atoms with Gasteiger partial charge in [-0.15, -0.1) is 11.3 Å². The number of hydrogen-bond acceptors (Lipinski definition) is 6. The van der Waals surface area contributed by atoms with Crippen LogP contribution in [0, 0.1) is 13.8 Å². The van der Waals surface area contributed by atoms with Gasteiger partial charge in [-0.2, -0.15) is 4.31 Å². The Labute approximate surface area is 192 Å². The predicted octanol–water partition coefficient (Wildman–Crippen LogP) is 4.23. The van der Waals surface area contributed by atoms with Crippen LogP contribution in [0.3, 0.4) is 0 Å². The van der Waals surface area contributed by atoms with E-state index >= 15 is 0 Å². The Morgan fingerprint density at radius 1 is 1.19 bits per heavy atom. The number of hydrogen-bond donors (Lipinski definition) is 1. The maximum atomic E-state index is 13.1. The van der Waals surface area contributed by atoms with Gasteiger partial charge in [0.2, 0.25) is 15.9 Å². The number of methoxy groups -OCH3 is 1. The molecule has 0 bridgehead atoms. The molecule has 9 heteroatoms. The fourth-order valence-corrected chi connectivity index (χ4v) is 6.29. The maximum Gasteiger partial charge on any atom is 0.244 e.